The average molecular weight is 252 g/mol. The van der Waals surface area contributed by atoms with Crippen LogP contribution in [0.1, 0.15) is 16.8 Å². The van der Waals surface area contributed by atoms with Crippen LogP contribution in [0.2, 0.25) is 5.02 Å². The molecule has 1 atom stereocenters. The Labute approximate surface area is 95.2 Å². The van der Waals surface area contributed by atoms with Crippen molar-refractivity contribution in [2.75, 3.05) is 0 Å². The third kappa shape index (κ3) is 3.50. The number of ketones is 1. The van der Waals surface area contributed by atoms with Gasteiger partial charge in [-0.25, -0.2) is 0 Å². The van der Waals surface area contributed by atoms with Crippen molar-refractivity contribution in [3.05, 3.63) is 34.9 Å². The molecule has 1 rings (SSSR count). The van der Waals surface area contributed by atoms with Crippen LogP contribution < -0.4 is 5.73 Å². The Morgan fingerprint density at radius 1 is 1.44 bits per heavy atom. The van der Waals surface area contributed by atoms with Gasteiger partial charge in [0.2, 0.25) is 0 Å². The van der Waals surface area contributed by atoms with Crippen LogP contribution in [-0.2, 0) is 0 Å². The van der Waals surface area contributed by atoms with Gasteiger partial charge in [0.1, 0.15) is 6.04 Å². The molecule has 2 nitrogen and oxygen atoms in total. The molecular formula is C10H9ClF3NO. The molecule has 1 unspecified atom stereocenters. The topological polar surface area (TPSA) is 43.1 Å². The Morgan fingerprint density at radius 2 is 2.06 bits per heavy atom. The van der Waals surface area contributed by atoms with E-state index in [0.29, 0.717) is 5.02 Å². The molecule has 0 saturated heterocycles. The lowest BCUT2D eigenvalue weighted by molar-refractivity contribution is -0.146. The summed E-state index contributed by atoms with van der Waals surface area (Å²) in [5, 5.41) is 0.298. The van der Waals surface area contributed by atoms with E-state index in [1.807, 2.05) is 0 Å². The zero-order valence-electron chi connectivity index (χ0n) is 8.09. The number of carbonyl (C=O) groups excluding carboxylic acids is 1. The van der Waals surface area contributed by atoms with Gasteiger partial charge in [-0.15, -0.1) is 0 Å². The number of carbonyl (C=O) groups is 1. The Kier molecular flexibility index (Phi) is 3.93. The number of alkyl halides is 3. The molecule has 0 heterocycles. The van der Waals surface area contributed by atoms with Crippen molar-refractivity contribution in [2.45, 2.75) is 18.6 Å². The molecular weight excluding hydrogens is 243 g/mol. The monoisotopic (exact) mass is 251 g/mol. The molecule has 0 aliphatic carbocycles. The molecule has 1 aromatic rings. The Bertz CT molecular complexity index is 392. The lowest BCUT2D eigenvalue weighted by Gasteiger charge is -2.14. The van der Waals surface area contributed by atoms with Gasteiger partial charge >= 0.3 is 6.18 Å². The fourth-order valence-electron chi connectivity index (χ4n) is 1.10. The standard InChI is InChI=1S/C10H9ClF3NO/c11-7-3-1-2-6(4-7)8(16)5-9(15)10(12,13)14/h1-4,9H,5,15H2. The second-order valence-corrected chi connectivity index (χ2v) is 3.72. The van der Waals surface area contributed by atoms with Crippen molar-refractivity contribution >= 4 is 17.4 Å². The molecule has 0 radical (unpaired) electrons. The van der Waals surface area contributed by atoms with E-state index in [-0.39, 0.29) is 5.56 Å². The molecule has 0 amide bonds. The first kappa shape index (κ1) is 13.0. The largest absolute Gasteiger partial charge is 0.404 e. The molecule has 1 aromatic carbocycles. The minimum Gasteiger partial charge on any atom is -0.320 e. The van der Waals surface area contributed by atoms with Crippen LogP contribution in [0, 0.1) is 0 Å². The van der Waals surface area contributed by atoms with Gasteiger partial charge in [0.25, 0.3) is 0 Å². The molecule has 0 spiro atoms. The van der Waals surface area contributed by atoms with Crippen molar-refractivity contribution in [3.63, 3.8) is 0 Å². The van der Waals surface area contributed by atoms with E-state index in [9.17, 15) is 18.0 Å². The van der Waals surface area contributed by atoms with E-state index in [0.717, 1.165) is 0 Å². The van der Waals surface area contributed by atoms with E-state index in [1.165, 1.54) is 24.3 Å². The van der Waals surface area contributed by atoms with Gasteiger partial charge in [-0.2, -0.15) is 13.2 Å². The second-order valence-electron chi connectivity index (χ2n) is 3.29. The zero-order valence-corrected chi connectivity index (χ0v) is 8.85. The molecule has 0 aliphatic rings. The molecule has 0 aliphatic heterocycles. The molecule has 0 aromatic heterocycles. The number of hydrogen-bond donors (Lipinski definition) is 1. The minimum absolute atomic E-state index is 0.132. The summed E-state index contributed by atoms with van der Waals surface area (Å²) in [5.41, 5.74) is 4.98. The van der Waals surface area contributed by atoms with Gasteiger partial charge in [-0.1, -0.05) is 23.7 Å². The van der Waals surface area contributed by atoms with Crippen molar-refractivity contribution in [3.8, 4) is 0 Å². The predicted molar refractivity (Wildman–Crippen MR) is 54.4 cm³/mol. The van der Waals surface area contributed by atoms with Gasteiger partial charge in [0, 0.05) is 17.0 Å². The van der Waals surface area contributed by atoms with Crippen molar-refractivity contribution < 1.29 is 18.0 Å². The highest BCUT2D eigenvalue weighted by Crippen LogP contribution is 2.22. The Morgan fingerprint density at radius 3 is 2.56 bits per heavy atom. The van der Waals surface area contributed by atoms with Crippen molar-refractivity contribution in [2.24, 2.45) is 5.73 Å². The van der Waals surface area contributed by atoms with E-state index in [1.54, 1.807) is 0 Å². The highest BCUT2D eigenvalue weighted by molar-refractivity contribution is 6.31. The summed E-state index contributed by atoms with van der Waals surface area (Å²) in [6.07, 6.45) is -5.34. The third-order valence-electron chi connectivity index (χ3n) is 1.97. The Balaban J connectivity index is 2.74. The van der Waals surface area contributed by atoms with Crippen LogP contribution in [0.3, 0.4) is 0 Å². The number of nitrogens with two attached hydrogens (primary N) is 1. The van der Waals surface area contributed by atoms with E-state index < -0.39 is 24.4 Å². The molecule has 16 heavy (non-hydrogen) atoms. The molecule has 0 fully saturated rings. The third-order valence-corrected chi connectivity index (χ3v) is 2.21. The summed E-state index contributed by atoms with van der Waals surface area (Å²) in [6.45, 7) is 0. The van der Waals surface area contributed by atoms with Gasteiger partial charge in [-0.05, 0) is 12.1 Å². The number of benzene rings is 1. The summed E-state index contributed by atoms with van der Waals surface area (Å²) in [5.74, 6) is -0.674. The first-order valence-electron chi connectivity index (χ1n) is 4.42. The summed E-state index contributed by atoms with van der Waals surface area (Å²) >= 11 is 5.61. The maximum atomic E-state index is 12.1. The number of hydrogen-bond acceptors (Lipinski definition) is 2. The Hall–Kier alpha value is -1.07. The molecule has 88 valence electrons. The van der Waals surface area contributed by atoms with Gasteiger partial charge in [0.05, 0.1) is 0 Å². The van der Waals surface area contributed by atoms with Gasteiger partial charge in [0.15, 0.2) is 5.78 Å². The summed E-state index contributed by atoms with van der Waals surface area (Å²) < 4.78 is 36.3. The summed E-state index contributed by atoms with van der Waals surface area (Å²) in [4.78, 5) is 11.4. The molecule has 2 N–H and O–H groups in total. The number of halogens is 4. The first-order chi connectivity index (χ1) is 7.30. The average Bonchev–Trinajstić information content (AvgIpc) is 2.16. The molecule has 0 bridgehead atoms. The maximum Gasteiger partial charge on any atom is 0.404 e. The summed E-state index contributed by atoms with van der Waals surface area (Å²) in [7, 11) is 0. The van der Waals surface area contributed by atoms with Crippen LogP contribution in [0.15, 0.2) is 24.3 Å². The number of Topliss-reactive ketones (excluding diaryl/α,β-unsaturated/α-hetero) is 1. The fraction of sp³-hybridized carbons (Fsp3) is 0.300. The fourth-order valence-corrected chi connectivity index (χ4v) is 1.29. The quantitative estimate of drug-likeness (QED) is 0.840. The maximum absolute atomic E-state index is 12.1. The highest BCUT2D eigenvalue weighted by atomic mass is 35.5. The predicted octanol–water partition coefficient (Wildman–Crippen LogP) is 2.80. The van der Waals surface area contributed by atoms with E-state index in [2.05, 4.69) is 0 Å². The van der Waals surface area contributed by atoms with Gasteiger partial charge in [-0.3, -0.25) is 4.79 Å². The minimum atomic E-state index is -4.56. The summed E-state index contributed by atoms with van der Waals surface area (Å²) in [6, 6.07) is 3.60. The van der Waals surface area contributed by atoms with Crippen molar-refractivity contribution in [1.82, 2.24) is 0 Å². The van der Waals surface area contributed by atoms with Crippen molar-refractivity contribution in [1.29, 1.82) is 0 Å². The lowest BCUT2D eigenvalue weighted by Crippen LogP contribution is -2.39. The van der Waals surface area contributed by atoms with Gasteiger partial charge < -0.3 is 5.73 Å². The molecule has 0 saturated carbocycles. The van der Waals surface area contributed by atoms with Crippen LogP contribution in [0.4, 0.5) is 13.2 Å². The lowest BCUT2D eigenvalue weighted by atomic mass is 10.0. The normalized spacial score (nSPS) is 13.6. The first-order valence-corrected chi connectivity index (χ1v) is 4.79. The second kappa shape index (κ2) is 4.84. The van der Waals surface area contributed by atoms with Crippen LogP contribution in [-0.4, -0.2) is 18.0 Å². The van der Waals surface area contributed by atoms with E-state index in [4.69, 9.17) is 17.3 Å². The SMILES string of the molecule is NC(CC(=O)c1cccc(Cl)c1)C(F)(F)F. The number of rotatable bonds is 3. The van der Waals surface area contributed by atoms with Crippen LogP contribution in [0.5, 0.6) is 0 Å². The highest BCUT2D eigenvalue weighted by Gasteiger charge is 2.37. The van der Waals surface area contributed by atoms with E-state index >= 15 is 0 Å². The molecule has 6 heteroatoms. The van der Waals surface area contributed by atoms with Crippen LogP contribution >= 0.6 is 11.6 Å². The van der Waals surface area contributed by atoms with Crippen LogP contribution in [0.25, 0.3) is 0 Å². The smallest absolute Gasteiger partial charge is 0.320 e. The zero-order chi connectivity index (χ0) is 12.3.